The van der Waals surface area contributed by atoms with Gasteiger partial charge in [-0.05, 0) is 13.8 Å². The zero-order valence-corrected chi connectivity index (χ0v) is 7.44. The van der Waals surface area contributed by atoms with Crippen molar-refractivity contribution < 1.29 is 0 Å². The van der Waals surface area contributed by atoms with Crippen LogP contribution in [0.3, 0.4) is 0 Å². The van der Waals surface area contributed by atoms with Crippen LogP contribution < -0.4 is 0 Å². The lowest BCUT2D eigenvalue weighted by molar-refractivity contribution is 0.949. The zero-order valence-electron chi connectivity index (χ0n) is 7.44. The molecule has 0 saturated heterocycles. The van der Waals surface area contributed by atoms with Crippen molar-refractivity contribution in [3.63, 3.8) is 0 Å². The number of hydrogen-bond acceptors (Lipinski definition) is 2. The van der Waals surface area contributed by atoms with Crippen molar-refractivity contribution in [2.75, 3.05) is 0 Å². The molecule has 0 radical (unpaired) electrons. The van der Waals surface area contributed by atoms with E-state index in [0.717, 1.165) is 12.2 Å². The predicted molar refractivity (Wildman–Crippen MR) is 49.5 cm³/mol. The molecule has 0 aromatic carbocycles. The van der Waals surface area contributed by atoms with E-state index in [2.05, 4.69) is 16.3 Å². The number of rotatable bonds is 3. The van der Waals surface area contributed by atoms with Crippen LogP contribution in [0.2, 0.25) is 0 Å². The number of aromatic nitrogens is 3. The lowest BCUT2D eigenvalue weighted by Gasteiger charge is -1.95. The summed E-state index contributed by atoms with van der Waals surface area (Å²) in [6.07, 6.45) is 10.5. The lowest BCUT2D eigenvalue weighted by atomic mass is 10.3. The zero-order chi connectivity index (χ0) is 8.81. The van der Waals surface area contributed by atoms with Gasteiger partial charge in [0.2, 0.25) is 0 Å². The quantitative estimate of drug-likeness (QED) is 0.637. The van der Waals surface area contributed by atoms with Gasteiger partial charge in [0.25, 0.3) is 0 Å². The van der Waals surface area contributed by atoms with Gasteiger partial charge in [-0.3, -0.25) is 4.57 Å². The molecule has 1 heterocycles. The van der Waals surface area contributed by atoms with E-state index in [1.807, 2.05) is 36.8 Å². The molecule has 0 aliphatic heterocycles. The predicted octanol–water partition coefficient (Wildman–Crippen LogP) is 1.89. The van der Waals surface area contributed by atoms with Crippen LogP contribution in [-0.4, -0.2) is 14.8 Å². The van der Waals surface area contributed by atoms with Gasteiger partial charge in [-0.2, -0.15) is 0 Å². The maximum absolute atomic E-state index is 3.98. The number of nitrogens with zero attached hydrogens (tertiary/aromatic N) is 3. The van der Waals surface area contributed by atoms with Crippen LogP contribution in [0.1, 0.15) is 19.7 Å². The molecule has 0 fully saturated rings. The van der Waals surface area contributed by atoms with Gasteiger partial charge in [-0.1, -0.05) is 18.2 Å². The van der Waals surface area contributed by atoms with Crippen molar-refractivity contribution in [1.82, 2.24) is 14.8 Å². The summed E-state index contributed by atoms with van der Waals surface area (Å²) in [4.78, 5) is 0. The first kappa shape index (κ1) is 8.71. The third-order valence-corrected chi connectivity index (χ3v) is 1.49. The van der Waals surface area contributed by atoms with E-state index in [1.165, 1.54) is 0 Å². The first-order valence-corrected chi connectivity index (χ1v) is 4.00. The Kier molecular flexibility index (Phi) is 3.26. The monoisotopic (exact) mass is 163 g/mol. The summed E-state index contributed by atoms with van der Waals surface area (Å²) >= 11 is 0. The molecule has 0 spiro atoms. The largest absolute Gasteiger partial charge is 0.293 e. The molecule has 3 heteroatoms. The van der Waals surface area contributed by atoms with E-state index in [0.29, 0.717) is 0 Å². The molecule has 3 nitrogen and oxygen atoms in total. The molecule has 0 N–H and O–H groups in total. The second-order valence-corrected chi connectivity index (χ2v) is 2.41. The van der Waals surface area contributed by atoms with Gasteiger partial charge in [0.15, 0.2) is 0 Å². The van der Waals surface area contributed by atoms with E-state index in [9.17, 15) is 0 Å². The SMILES string of the molecule is CC=CCc1nncn1/C=C\C. The Balaban J connectivity index is 2.76. The van der Waals surface area contributed by atoms with Gasteiger partial charge in [0.05, 0.1) is 0 Å². The van der Waals surface area contributed by atoms with Gasteiger partial charge < -0.3 is 0 Å². The molecule has 0 aliphatic rings. The Hall–Kier alpha value is -1.38. The van der Waals surface area contributed by atoms with E-state index >= 15 is 0 Å². The summed E-state index contributed by atoms with van der Waals surface area (Å²) in [6, 6.07) is 0. The maximum Gasteiger partial charge on any atom is 0.140 e. The highest BCUT2D eigenvalue weighted by molar-refractivity contribution is 5.22. The van der Waals surface area contributed by atoms with E-state index in [1.54, 1.807) is 6.33 Å². The van der Waals surface area contributed by atoms with E-state index in [4.69, 9.17) is 0 Å². The van der Waals surface area contributed by atoms with Crippen molar-refractivity contribution in [2.45, 2.75) is 20.3 Å². The first-order chi connectivity index (χ1) is 5.88. The fourth-order valence-corrected chi connectivity index (χ4v) is 0.921. The minimum atomic E-state index is 0.834. The van der Waals surface area contributed by atoms with Gasteiger partial charge in [-0.15, -0.1) is 10.2 Å². The highest BCUT2D eigenvalue weighted by Crippen LogP contribution is 1.97. The Morgan fingerprint density at radius 3 is 2.92 bits per heavy atom. The van der Waals surface area contributed by atoms with Gasteiger partial charge in [-0.25, -0.2) is 0 Å². The van der Waals surface area contributed by atoms with Crippen LogP contribution >= 0.6 is 0 Å². The molecular weight excluding hydrogens is 150 g/mol. The molecule has 0 aliphatic carbocycles. The Morgan fingerprint density at radius 1 is 1.42 bits per heavy atom. The fraction of sp³-hybridized carbons (Fsp3) is 0.333. The molecular formula is C9H13N3. The van der Waals surface area contributed by atoms with Crippen LogP contribution in [0, 0.1) is 0 Å². The highest BCUT2D eigenvalue weighted by Gasteiger charge is 1.96. The average molecular weight is 163 g/mol. The van der Waals surface area contributed by atoms with Gasteiger partial charge in [0, 0.05) is 12.6 Å². The molecule has 0 bridgehead atoms. The van der Waals surface area contributed by atoms with Crippen molar-refractivity contribution in [2.24, 2.45) is 0 Å². The molecule has 1 rings (SSSR count). The van der Waals surface area contributed by atoms with Crippen LogP contribution in [0.4, 0.5) is 0 Å². The Morgan fingerprint density at radius 2 is 2.25 bits per heavy atom. The van der Waals surface area contributed by atoms with Crippen LogP contribution in [0.25, 0.3) is 6.20 Å². The van der Waals surface area contributed by atoms with E-state index in [-0.39, 0.29) is 0 Å². The van der Waals surface area contributed by atoms with Crippen molar-refractivity contribution in [1.29, 1.82) is 0 Å². The molecule has 1 aromatic heterocycles. The third kappa shape index (κ3) is 2.05. The number of hydrogen-bond donors (Lipinski definition) is 0. The smallest absolute Gasteiger partial charge is 0.140 e. The maximum atomic E-state index is 3.98. The molecule has 12 heavy (non-hydrogen) atoms. The minimum absolute atomic E-state index is 0.834. The summed E-state index contributed by atoms with van der Waals surface area (Å²) in [6.45, 7) is 3.97. The van der Waals surface area contributed by atoms with Crippen LogP contribution in [-0.2, 0) is 6.42 Å². The molecule has 0 saturated carbocycles. The Bertz CT molecular complexity index is 284. The summed E-state index contributed by atoms with van der Waals surface area (Å²) in [5.41, 5.74) is 0. The van der Waals surface area contributed by atoms with Gasteiger partial charge in [0.1, 0.15) is 12.2 Å². The normalized spacial score (nSPS) is 11.8. The van der Waals surface area contributed by atoms with Crippen molar-refractivity contribution in [3.8, 4) is 0 Å². The molecule has 1 aromatic rings. The summed E-state index contributed by atoms with van der Waals surface area (Å²) in [7, 11) is 0. The fourth-order valence-electron chi connectivity index (χ4n) is 0.921. The highest BCUT2D eigenvalue weighted by atomic mass is 15.2. The second-order valence-electron chi connectivity index (χ2n) is 2.41. The first-order valence-electron chi connectivity index (χ1n) is 4.00. The molecule has 0 unspecified atom stereocenters. The second kappa shape index (κ2) is 4.49. The standard InChI is InChI=1S/C9H13N3/c1-3-5-6-9-11-10-8-12(9)7-4-2/h3-5,7-8H,6H2,1-2H3/b5-3?,7-4-. The van der Waals surface area contributed by atoms with Crippen LogP contribution in [0.5, 0.6) is 0 Å². The average Bonchev–Trinajstić information content (AvgIpc) is 2.50. The lowest BCUT2D eigenvalue weighted by Crippen LogP contribution is -1.93. The summed E-state index contributed by atoms with van der Waals surface area (Å²) in [5, 5.41) is 7.80. The third-order valence-electron chi connectivity index (χ3n) is 1.49. The number of allylic oxidation sites excluding steroid dienone is 3. The van der Waals surface area contributed by atoms with Crippen molar-refractivity contribution in [3.05, 3.63) is 30.4 Å². The van der Waals surface area contributed by atoms with Gasteiger partial charge >= 0.3 is 0 Å². The van der Waals surface area contributed by atoms with Crippen LogP contribution in [0.15, 0.2) is 24.6 Å². The summed E-state index contributed by atoms with van der Waals surface area (Å²) < 4.78 is 1.92. The molecule has 0 amide bonds. The summed E-state index contributed by atoms with van der Waals surface area (Å²) in [5.74, 6) is 0.964. The van der Waals surface area contributed by atoms with E-state index < -0.39 is 0 Å². The Labute approximate surface area is 72.4 Å². The minimum Gasteiger partial charge on any atom is -0.293 e. The topological polar surface area (TPSA) is 30.7 Å². The molecule has 64 valence electrons. The van der Waals surface area contributed by atoms with Crippen molar-refractivity contribution >= 4 is 6.20 Å². The molecule has 0 atom stereocenters.